The molecule has 5 rings (SSSR count). The van der Waals surface area contributed by atoms with E-state index >= 15 is 0 Å². The topological polar surface area (TPSA) is 37.0 Å². The van der Waals surface area contributed by atoms with Crippen LogP contribution in [0.25, 0.3) is 0 Å². The quantitative estimate of drug-likeness (QED) is 0.761. The molecule has 0 bridgehead atoms. The number of hydrazine groups is 1. The lowest BCUT2D eigenvalue weighted by atomic mass is 9.84. The van der Waals surface area contributed by atoms with E-state index in [2.05, 4.69) is 45.7 Å². The van der Waals surface area contributed by atoms with E-state index in [1.165, 1.54) is 42.6 Å². The summed E-state index contributed by atoms with van der Waals surface area (Å²) < 4.78 is 12.3. The molecule has 4 aliphatic rings. The van der Waals surface area contributed by atoms with Gasteiger partial charge in [0, 0.05) is 38.4 Å². The van der Waals surface area contributed by atoms with Gasteiger partial charge in [-0.25, -0.2) is 5.43 Å². The van der Waals surface area contributed by atoms with E-state index < -0.39 is 0 Å². The molecule has 1 unspecified atom stereocenters. The van der Waals surface area contributed by atoms with Gasteiger partial charge in [0.25, 0.3) is 0 Å². The second-order valence-electron chi connectivity index (χ2n) is 8.67. The highest BCUT2D eigenvalue weighted by Gasteiger charge is 2.42. The molecule has 4 aliphatic heterocycles. The molecule has 1 spiro atoms. The fourth-order valence-electron chi connectivity index (χ4n) is 5.22. The van der Waals surface area contributed by atoms with E-state index in [4.69, 9.17) is 9.47 Å². The van der Waals surface area contributed by atoms with Crippen molar-refractivity contribution in [3.8, 4) is 0 Å². The number of allylic oxidation sites excluding steroid dienone is 1. The van der Waals surface area contributed by atoms with E-state index in [1.807, 2.05) is 0 Å². The van der Waals surface area contributed by atoms with Crippen molar-refractivity contribution in [1.82, 2.24) is 15.3 Å². The molecule has 0 saturated carbocycles. The number of nitrogens with one attached hydrogen (secondary N) is 1. The fourth-order valence-corrected chi connectivity index (χ4v) is 5.22. The molecule has 28 heavy (non-hydrogen) atoms. The molecule has 1 atom stereocenters. The molecule has 0 amide bonds. The molecule has 5 heteroatoms. The molecule has 2 saturated heterocycles. The van der Waals surface area contributed by atoms with Gasteiger partial charge in [0.1, 0.15) is 6.23 Å². The van der Waals surface area contributed by atoms with Gasteiger partial charge in [-0.15, -0.1) is 0 Å². The molecule has 1 aromatic rings. The van der Waals surface area contributed by atoms with Crippen LogP contribution in [0.1, 0.15) is 56.1 Å². The van der Waals surface area contributed by atoms with Gasteiger partial charge >= 0.3 is 0 Å². The van der Waals surface area contributed by atoms with Crippen LogP contribution in [-0.2, 0) is 21.7 Å². The summed E-state index contributed by atoms with van der Waals surface area (Å²) in [5.74, 6) is 0. The van der Waals surface area contributed by atoms with Gasteiger partial charge in [-0.1, -0.05) is 30.3 Å². The maximum Gasteiger partial charge on any atom is 0.130 e. The lowest BCUT2D eigenvalue weighted by Gasteiger charge is -2.39. The van der Waals surface area contributed by atoms with Crippen molar-refractivity contribution in [3.63, 3.8) is 0 Å². The highest BCUT2D eigenvalue weighted by Crippen LogP contribution is 2.43. The summed E-state index contributed by atoms with van der Waals surface area (Å²) >= 11 is 0. The van der Waals surface area contributed by atoms with E-state index in [0.717, 1.165) is 58.5 Å². The number of fused-ring (bicyclic) bond motifs is 3. The molecule has 2 fully saturated rings. The van der Waals surface area contributed by atoms with Crippen molar-refractivity contribution in [2.75, 3.05) is 32.8 Å². The Balaban J connectivity index is 1.00. The standard InChI is InChI=1S/C23H33N3O2/c1-2-9-21-19(7-1)18-28-23(21)10-14-25(15-11-23)12-5-6-16-27-22-17-20-8-3-4-13-26(20)24-22/h1-2,7-9,22,24H,3-6,10-18H2. The maximum absolute atomic E-state index is 6.28. The Morgan fingerprint density at radius 2 is 2.04 bits per heavy atom. The van der Waals surface area contributed by atoms with Crippen LogP contribution in [0.3, 0.4) is 0 Å². The summed E-state index contributed by atoms with van der Waals surface area (Å²) in [6.45, 7) is 6.22. The van der Waals surface area contributed by atoms with E-state index in [1.54, 1.807) is 0 Å². The van der Waals surface area contributed by atoms with E-state index in [9.17, 15) is 0 Å². The molecule has 1 aromatic carbocycles. The number of ether oxygens (including phenoxy) is 2. The molecule has 0 aliphatic carbocycles. The monoisotopic (exact) mass is 383 g/mol. The largest absolute Gasteiger partial charge is 0.365 e. The van der Waals surface area contributed by atoms with Crippen molar-refractivity contribution in [2.24, 2.45) is 0 Å². The van der Waals surface area contributed by atoms with E-state index in [-0.39, 0.29) is 11.8 Å². The van der Waals surface area contributed by atoms with Crippen molar-refractivity contribution >= 4 is 0 Å². The summed E-state index contributed by atoms with van der Waals surface area (Å²) in [5, 5.41) is 2.28. The number of likely N-dealkylation sites (tertiary alicyclic amines) is 1. The minimum absolute atomic E-state index is 0.00879. The number of benzene rings is 1. The highest BCUT2D eigenvalue weighted by molar-refractivity contribution is 5.35. The van der Waals surface area contributed by atoms with Crippen LogP contribution in [-0.4, -0.2) is 48.9 Å². The van der Waals surface area contributed by atoms with Crippen LogP contribution in [0.4, 0.5) is 0 Å². The lowest BCUT2D eigenvalue weighted by Crippen LogP contribution is -2.42. The average Bonchev–Trinajstić information content (AvgIpc) is 3.31. The zero-order valence-electron chi connectivity index (χ0n) is 16.9. The summed E-state index contributed by atoms with van der Waals surface area (Å²) in [5.41, 5.74) is 7.74. The molecule has 152 valence electrons. The third kappa shape index (κ3) is 3.73. The number of nitrogens with zero attached hydrogens (tertiary/aromatic N) is 2. The Morgan fingerprint density at radius 3 is 2.93 bits per heavy atom. The fraction of sp³-hybridized carbons (Fsp3) is 0.652. The Hall–Kier alpha value is -1.40. The van der Waals surface area contributed by atoms with Crippen LogP contribution in [0.15, 0.2) is 36.0 Å². The van der Waals surface area contributed by atoms with Crippen LogP contribution >= 0.6 is 0 Å². The zero-order chi connectivity index (χ0) is 18.8. The Labute approximate surface area is 168 Å². The first-order valence-corrected chi connectivity index (χ1v) is 11.1. The van der Waals surface area contributed by atoms with Crippen LogP contribution in [0.2, 0.25) is 0 Å². The SMILES string of the molecule is C1=C2CC(OCCCCN3CCC4(CC3)OCc3ccccc34)NN2CCC1. The molecule has 1 N–H and O–H groups in total. The summed E-state index contributed by atoms with van der Waals surface area (Å²) in [6.07, 6.45) is 10.6. The van der Waals surface area contributed by atoms with Crippen molar-refractivity contribution in [1.29, 1.82) is 0 Å². The minimum Gasteiger partial charge on any atom is -0.365 e. The molecular formula is C23H33N3O2. The number of hydrogen-bond acceptors (Lipinski definition) is 5. The summed E-state index contributed by atoms with van der Waals surface area (Å²) in [7, 11) is 0. The molecule has 5 nitrogen and oxygen atoms in total. The minimum atomic E-state index is -0.00879. The van der Waals surface area contributed by atoms with Gasteiger partial charge in [-0.2, -0.15) is 0 Å². The van der Waals surface area contributed by atoms with Crippen molar-refractivity contribution < 1.29 is 9.47 Å². The third-order valence-electron chi connectivity index (χ3n) is 6.87. The first kappa shape index (κ1) is 18.6. The van der Waals surface area contributed by atoms with Gasteiger partial charge < -0.3 is 19.4 Å². The Bertz CT molecular complexity index is 712. The molecular weight excluding hydrogens is 350 g/mol. The number of rotatable bonds is 6. The van der Waals surface area contributed by atoms with Gasteiger partial charge in [0.2, 0.25) is 0 Å². The van der Waals surface area contributed by atoms with Crippen molar-refractivity contribution in [2.45, 2.75) is 63.4 Å². The van der Waals surface area contributed by atoms with Crippen molar-refractivity contribution in [3.05, 3.63) is 47.2 Å². The van der Waals surface area contributed by atoms with Crippen LogP contribution in [0, 0.1) is 0 Å². The third-order valence-corrected chi connectivity index (χ3v) is 6.87. The Kier molecular flexibility index (Phi) is 5.42. The van der Waals surface area contributed by atoms with Crippen LogP contribution < -0.4 is 5.43 Å². The predicted octanol–water partition coefficient (Wildman–Crippen LogP) is 3.52. The van der Waals surface area contributed by atoms with Gasteiger partial charge in [0.05, 0.1) is 12.2 Å². The smallest absolute Gasteiger partial charge is 0.130 e. The van der Waals surface area contributed by atoms with Crippen LogP contribution in [0.5, 0.6) is 0 Å². The summed E-state index contributed by atoms with van der Waals surface area (Å²) in [4.78, 5) is 2.61. The average molecular weight is 384 g/mol. The normalized spacial score (nSPS) is 26.4. The van der Waals surface area contributed by atoms with Gasteiger partial charge in [-0.05, 0) is 56.2 Å². The second kappa shape index (κ2) is 8.15. The molecule has 4 heterocycles. The summed E-state index contributed by atoms with van der Waals surface area (Å²) in [6, 6.07) is 8.78. The predicted molar refractivity (Wildman–Crippen MR) is 109 cm³/mol. The second-order valence-corrected chi connectivity index (χ2v) is 8.67. The first-order valence-electron chi connectivity index (χ1n) is 11.1. The number of unbranched alkanes of at least 4 members (excludes halogenated alkanes) is 1. The van der Waals surface area contributed by atoms with Gasteiger partial charge in [0.15, 0.2) is 0 Å². The highest BCUT2D eigenvalue weighted by atomic mass is 16.5. The van der Waals surface area contributed by atoms with E-state index in [0.29, 0.717) is 0 Å². The first-order chi connectivity index (χ1) is 13.8. The maximum atomic E-state index is 6.28. The number of piperidine rings is 1. The lowest BCUT2D eigenvalue weighted by molar-refractivity contribution is -0.0790. The Morgan fingerprint density at radius 1 is 1.14 bits per heavy atom. The zero-order valence-corrected chi connectivity index (χ0v) is 16.9. The molecule has 0 aromatic heterocycles. The van der Waals surface area contributed by atoms with Gasteiger partial charge in [-0.3, -0.25) is 0 Å². The number of hydrogen-bond donors (Lipinski definition) is 1. The molecule has 0 radical (unpaired) electrons.